The number of hydrogen-bond acceptors (Lipinski definition) is 5. The largest absolute Gasteiger partial charge is 0.486 e. The van der Waals surface area contributed by atoms with Crippen LogP contribution in [0.25, 0.3) is 10.9 Å². The second-order valence-electron chi connectivity index (χ2n) is 5.61. The number of benzene rings is 2. The van der Waals surface area contributed by atoms with E-state index in [9.17, 15) is 14.4 Å². The number of hydrogen-bond donors (Lipinski definition) is 0. The zero-order valence-electron chi connectivity index (χ0n) is 14.4. The molecule has 0 aliphatic heterocycles. The van der Waals surface area contributed by atoms with Gasteiger partial charge >= 0.3 is 0 Å². The Kier molecular flexibility index (Phi) is 4.79. The predicted molar refractivity (Wildman–Crippen MR) is 96.4 cm³/mol. The van der Waals surface area contributed by atoms with Crippen molar-refractivity contribution in [2.45, 2.75) is 20.5 Å². The zero-order chi connectivity index (χ0) is 18.7. The highest BCUT2D eigenvalue weighted by Gasteiger charge is 2.23. The Morgan fingerprint density at radius 1 is 1.00 bits per heavy atom. The molecule has 7 heteroatoms. The molecule has 1 heterocycles. The van der Waals surface area contributed by atoms with Gasteiger partial charge in [0.05, 0.1) is 10.9 Å². The van der Waals surface area contributed by atoms with Crippen molar-refractivity contribution in [1.82, 2.24) is 9.66 Å². The standard InChI is InChI=1S/C19H17N3O4/c1-13(23)21(14(2)24)22-18(12-26-15-8-4-3-5-9-15)20-17-11-7-6-10-16(17)19(22)25/h3-11H,12H2,1-2H3. The zero-order valence-corrected chi connectivity index (χ0v) is 14.4. The molecule has 0 saturated heterocycles. The fourth-order valence-corrected chi connectivity index (χ4v) is 2.64. The molecule has 0 aliphatic rings. The van der Waals surface area contributed by atoms with Gasteiger partial charge in [-0.25, -0.2) is 4.98 Å². The van der Waals surface area contributed by atoms with Crippen molar-refractivity contribution in [3.63, 3.8) is 0 Å². The Morgan fingerprint density at radius 3 is 2.27 bits per heavy atom. The highest BCUT2D eigenvalue weighted by Crippen LogP contribution is 2.13. The van der Waals surface area contributed by atoms with Gasteiger partial charge in [-0.3, -0.25) is 14.4 Å². The van der Waals surface area contributed by atoms with Crippen LogP contribution >= 0.6 is 0 Å². The monoisotopic (exact) mass is 351 g/mol. The summed E-state index contributed by atoms with van der Waals surface area (Å²) >= 11 is 0. The van der Waals surface area contributed by atoms with E-state index in [2.05, 4.69) is 4.98 Å². The van der Waals surface area contributed by atoms with Gasteiger partial charge in [0.2, 0.25) is 11.8 Å². The minimum absolute atomic E-state index is 0.0822. The molecular formula is C19H17N3O4. The van der Waals surface area contributed by atoms with Crippen molar-refractivity contribution >= 4 is 22.7 Å². The third-order valence-electron chi connectivity index (χ3n) is 3.73. The number of para-hydroxylation sites is 2. The molecule has 0 spiro atoms. The van der Waals surface area contributed by atoms with Crippen LogP contribution in [0.5, 0.6) is 5.75 Å². The summed E-state index contributed by atoms with van der Waals surface area (Å²) in [5, 5.41) is 1.08. The molecule has 3 aromatic rings. The molecule has 0 fully saturated rings. The van der Waals surface area contributed by atoms with Crippen molar-refractivity contribution in [3.05, 3.63) is 70.8 Å². The van der Waals surface area contributed by atoms with E-state index in [-0.39, 0.29) is 12.4 Å². The molecule has 1 aromatic heterocycles. The van der Waals surface area contributed by atoms with Gasteiger partial charge in [0.15, 0.2) is 5.82 Å². The molecule has 132 valence electrons. The Bertz CT molecular complexity index is 1010. The third kappa shape index (κ3) is 3.32. The Balaban J connectivity index is 2.15. The lowest BCUT2D eigenvalue weighted by Gasteiger charge is -2.22. The van der Waals surface area contributed by atoms with Crippen molar-refractivity contribution in [2.24, 2.45) is 0 Å². The van der Waals surface area contributed by atoms with Gasteiger partial charge in [-0.15, -0.1) is 0 Å². The minimum atomic E-state index is -0.586. The highest BCUT2D eigenvalue weighted by atomic mass is 16.5. The lowest BCUT2D eigenvalue weighted by Crippen LogP contribution is -2.50. The quantitative estimate of drug-likeness (QED) is 0.718. The molecule has 0 saturated carbocycles. The van der Waals surface area contributed by atoms with Gasteiger partial charge in [-0.1, -0.05) is 30.3 Å². The van der Waals surface area contributed by atoms with E-state index in [1.165, 1.54) is 13.8 Å². The summed E-state index contributed by atoms with van der Waals surface area (Å²) in [6.45, 7) is 2.34. The van der Waals surface area contributed by atoms with E-state index < -0.39 is 17.4 Å². The van der Waals surface area contributed by atoms with E-state index in [1.54, 1.807) is 36.4 Å². The molecule has 0 N–H and O–H groups in total. The van der Waals surface area contributed by atoms with Crippen LogP contribution in [-0.4, -0.2) is 21.5 Å². The van der Waals surface area contributed by atoms with Gasteiger partial charge < -0.3 is 4.74 Å². The van der Waals surface area contributed by atoms with Crippen LogP contribution in [0.2, 0.25) is 0 Å². The maximum Gasteiger partial charge on any atom is 0.281 e. The summed E-state index contributed by atoms with van der Waals surface area (Å²) in [4.78, 5) is 41.3. The van der Waals surface area contributed by atoms with E-state index in [4.69, 9.17) is 4.74 Å². The first-order valence-corrected chi connectivity index (χ1v) is 7.99. The highest BCUT2D eigenvalue weighted by molar-refractivity contribution is 6.06. The smallest absolute Gasteiger partial charge is 0.281 e. The Labute approximate surface area is 149 Å². The number of fused-ring (bicyclic) bond motifs is 1. The molecule has 26 heavy (non-hydrogen) atoms. The summed E-state index contributed by atoms with van der Waals surface area (Å²) in [5.41, 5.74) is -0.0415. The summed E-state index contributed by atoms with van der Waals surface area (Å²) in [6.07, 6.45) is 0. The number of carbonyl (C=O) groups excluding carboxylic acids is 2. The summed E-state index contributed by atoms with van der Waals surface area (Å²) in [7, 11) is 0. The van der Waals surface area contributed by atoms with Gasteiger partial charge in [0.1, 0.15) is 12.4 Å². The van der Waals surface area contributed by atoms with E-state index in [1.807, 2.05) is 18.2 Å². The Morgan fingerprint density at radius 2 is 1.62 bits per heavy atom. The lowest BCUT2D eigenvalue weighted by molar-refractivity contribution is -0.126. The van der Waals surface area contributed by atoms with Crippen LogP contribution < -0.4 is 15.3 Å². The summed E-state index contributed by atoms with van der Waals surface area (Å²) in [6, 6.07) is 15.7. The number of imide groups is 1. The molecule has 0 aliphatic carbocycles. The number of carbonyl (C=O) groups is 2. The summed E-state index contributed by atoms with van der Waals surface area (Å²) < 4.78 is 6.66. The minimum Gasteiger partial charge on any atom is -0.486 e. The Hall–Kier alpha value is -3.48. The second kappa shape index (κ2) is 7.18. The van der Waals surface area contributed by atoms with Crippen LogP contribution in [0.1, 0.15) is 19.7 Å². The number of nitrogens with zero attached hydrogens (tertiary/aromatic N) is 3. The second-order valence-corrected chi connectivity index (χ2v) is 5.61. The maximum atomic E-state index is 12.9. The van der Waals surface area contributed by atoms with Crippen LogP contribution in [0.4, 0.5) is 0 Å². The number of ether oxygens (including phenoxy) is 1. The molecule has 3 rings (SSSR count). The molecule has 0 radical (unpaired) electrons. The molecule has 0 bridgehead atoms. The van der Waals surface area contributed by atoms with Gasteiger partial charge in [0.25, 0.3) is 5.56 Å². The van der Waals surface area contributed by atoms with E-state index in [0.717, 1.165) is 9.69 Å². The van der Waals surface area contributed by atoms with E-state index in [0.29, 0.717) is 16.7 Å². The molecule has 2 amide bonds. The number of rotatable bonds is 4. The van der Waals surface area contributed by atoms with Crippen LogP contribution in [0.3, 0.4) is 0 Å². The summed E-state index contributed by atoms with van der Waals surface area (Å²) in [5.74, 6) is -0.433. The average Bonchev–Trinajstić information content (AvgIpc) is 2.63. The first-order valence-electron chi connectivity index (χ1n) is 7.99. The SMILES string of the molecule is CC(=O)N(C(C)=O)n1c(COc2ccccc2)nc2ccccc2c1=O. The van der Waals surface area contributed by atoms with Crippen molar-refractivity contribution in [3.8, 4) is 5.75 Å². The lowest BCUT2D eigenvalue weighted by atomic mass is 10.2. The molecule has 2 aromatic carbocycles. The molecule has 7 nitrogen and oxygen atoms in total. The van der Waals surface area contributed by atoms with Crippen molar-refractivity contribution in [2.75, 3.05) is 5.01 Å². The molecule has 0 atom stereocenters. The topological polar surface area (TPSA) is 81.5 Å². The van der Waals surface area contributed by atoms with Gasteiger partial charge in [-0.2, -0.15) is 9.69 Å². The first-order chi connectivity index (χ1) is 12.5. The number of amides is 2. The fraction of sp³-hybridized carbons (Fsp3) is 0.158. The van der Waals surface area contributed by atoms with E-state index >= 15 is 0 Å². The maximum absolute atomic E-state index is 12.9. The predicted octanol–water partition coefficient (Wildman–Crippen LogP) is 2.01. The molecular weight excluding hydrogens is 334 g/mol. The number of aromatic nitrogens is 2. The fourth-order valence-electron chi connectivity index (χ4n) is 2.64. The van der Waals surface area contributed by atoms with Crippen molar-refractivity contribution < 1.29 is 14.3 Å². The average molecular weight is 351 g/mol. The normalized spacial score (nSPS) is 10.5. The first kappa shape index (κ1) is 17.3. The van der Waals surface area contributed by atoms with Crippen LogP contribution in [0.15, 0.2) is 59.4 Å². The van der Waals surface area contributed by atoms with Crippen LogP contribution in [-0.2, 0) is 16.2 Å². The van der Waals surface area contributed by atoms with Gasteiger partial charge in [0, 0.05) is 13.8 Å². The molecule has 0 unspecified atom stereocenters. The van der Waals surface area contributed by atoms with Crippen LogP contribution in [0, 0.1) is 0 Å². The van der Waals surface area contributed by atoms with Gasteiger partial charge in [-0.05, 0) is 24.3 Å². The third-order valence-corrected chi connectivity index (χ3v) is 3.73. The van der Waals surface area contributed by atoms with Crippen molar-refractivity contribution in [1.29, 1.82) is 0 Å².